The van der Waals surface area contributed by atoms with Crippen LogP contribution < -0.4 is 0 Å². The Labute approximate surface area is 106 Å². The SMILES string of the molecule is CCOC(=O)c1ccc(CCC#N)c(CC#N)c1. The molecule has 0 saturated heterocycles. The highest BCUT2D eigenvalue weighted by Crippen LogP contribution is 2.15. The summed E-state index contributed by atoms with van der Waals surface area (Å²) >= 11 is 0. The first-order chi connectivity index (χ1) is 8.72. The van der Waals surface area contributed by atoms with Crippen LogP contribution in [0, 0.1) is 22.7 Å². The average Bonchev–Trinajstić information content (AvgIpc) is 2.38. The smallest absolute Gasteiger partial charge is 0.338 e. The molecule has 0 aromatic heterocycles. The minimum Gasteiger partial charge on any atom is -0.462 e. The van der Waals surface area contributed by atoms with Crippen molar-refractivity contribution in [2.24, 2.45) is 0 Å². The van der Waals surface area contributed by atoms with Crippen LogP contribution in [0.2, 0.25) is 0 Å². The first-order valence-corrected chi connectivity index (χ1v) is 5.75. The van der Waals surface area contributed by atoms with Crippen molar-refractivity contribution in [1.29, 1.82) is 10.5 Å². The maximum absolute atomic E-state index is 11.6. The van der Waals surface area contributed by atoms with Gasteiger partial charge in [0, 0.05) is 6.42 Å². The third-order valence-corrected chi connectivity index (χ3v) is 2.49. The molecule has 0 bridgehead atoms. The van der Waals surface area contributed by atoms with Crippen molar-refractivity contribution in [2.75, 3.05) is 6.61 Å². The zero-order valence-corrected chi connectivity index (χ0v) is 10.3. The van der Waals surface area contributed by atoms with Crippen LogP contribution in [0.1, 0.15) is 34.8 Å². The van der Waals surface area contributed by atoms with E-state index >= 15 is 0 Å². The van der Waals surface area contributed by atoms with Crippen LogP contribution in [0.4, 0.5) is 0 Å². The number of ether oxygens (including phenoxy) is 1. The van der Waals surface area contributed by atoms with Crippen molar-refractivity contribution in [1.82, 2.24) is 0 Å². The monoisotopic (exact) mass is 242 g/mol. The predicted molar refractivity (Wildman–Crippen MR) is 65.6 cm³/mol. The van der Waals surface area contributed by atoms with E-state index in [4.69, 9.17) is 15.3 Å². The number of benzene rings is 1. The number of hydrogen-bond donors (Lipinski definition) is 0. The molecular weight excluding hydrogens is 228 g/mol. The molecule has 1 aromatic carbocycles. The molecule has 0 atom stereocenters. The highest BCUT2D eigenvalue weighted by atomic mass is 16.5. The summed E-state index contributed by atoms with van der Waals surface area (Å²) in [4.78, 5) is 11.6. The molecule has 18 heavy (non-hydrogen) atoms. The zero-order chi connectivity index (χ0) is 13.4. The fraction of sp³-hybridized carbons (Fsp3) is 0.357. The van der Waals surface area contributed by atoms with Gasteiger partial charge in [-0.2, -0.15) is 10.5 Å². The van der Waals surface area contributed by atoms with Crippen molar-refractivity contribution in [3.63, 3.8) is 0 Å². The highest BCUT2D eigenvalue weighted by Gasteiger charge is 2.10. The van der Waals surface area contributed by atoms with Crippen molar-refractivity contribution >= 4 is 5.97 Å². The molecule has 0 amide bonds. The van der Waals surface area contributed by atoms with E-state index in [2.05, 4.69) is 12.1 Å². The lowest BCUT2D eigenvalue weighted by atomic mass is 9.98. The summed E-state index contributed by atoms with van der Waals surface area (Å²) in [6.45, 7) is 2.07. The van der Waals surface area contributed by atoms with Crippen molar-refractivity contribution < 1.29 is 9.53 Å². The summed E-state index contributed by atoms with van der Waals surface area (Å²) in [7, 11) is 0. The molecule has 4 heteroatoms. The van der Waals surface area contributed by atoms with E-state index in [-0.39, 0.29) is 12.4 Å². The van der Waals surface area contributed by atoms with E-state index in [9.17, 15) is 4.79 Å². The lowest BCUT2D eigenvalue weighted by Crippen LogP contribution is -2.06. The van der Waals surface area contributed by atoms with E-state index < -0.39 is 0 Å². The second-order valence-electron chi connectivity index (χ2n) is 3.70. The van der Waals surface area contributed by atoms with Crippen LogP contribution in [-0.4, -0.2) is 12.6 Å². The Morgan fingerprint density at radius 2 is 2.06 bits per heavy atom. The number of carbonyl (C=O) groups excluding carboxylic acids is 1. The largest absolute Gasteiger partial charge is 0.462 e. The van der Waals surface area contributed by atoms with Gasteiger partial charge in [-0.15, -0.1) is 0 Å². The minimum atomic E-state index is -0.386. The van der Waals surface area contributed by atoms with E-state index in [0.717, 1.165) is 11.1 Å². The summed E-state index contributed by atoms with van der Waals surface area (Å²) < 4.78 is 4.91. The fourth-order valence-corrected chi connectivity index (χ4v) is 1.65. The number of nitrogens with zero attached hydrogens (tertiary/aromatic N) is 2. The van der Waals surface area contributed by atoms with Gasteiger partial charge in [0.25, 0.3) is 0 Å². The molecular formula is C14H14N2O2. The molecule has 92 valence electrons. The molecule has 0 aliphatic rings. The summed E-state index contributed by atoms with van der Waals surface area (Å²) in [6.07, 6.45) is 1.22. The number of aryl methyl sites for hydroxylation is 1. The molecule has 0 fully saturated rings. The first kappa shape index (κ1) is 13.7. The molecule has 0 heterocycles. The molecule has 0 aliphatic heterocycles. The van der Waals surface area contributed by atoms with Crippen LogP contribution in [0.3, 0.4) is 0 Å². The van der Waals surface area contributed by atoms with Gasteiger partial charge in [-0.05, 0) is 36.6 Å². The fourth-order valence-electron chi connectivity index (χ4n) is 1.65. The minimum absolute atomic E-state index is 0.230. The Bertz CT molecular complexity index is 510. The standard InChI is InChI=1S/C14H14N2O2/c1-2-18-14(17)13-6-5-11(4-3-8-15)12(10-13)7-9-16/h5-6,10H,2-4,7H2,1H3. The Morgan fingerprint density at radius 3 is 2.67 bits per heavy atom. The van der Waals surface area contributed by atoms with Gasteiger partial charge in [0.05, 0.1) is 30.7 Å². The molecule has 0 spiro atoms. The van der Waals surface area contributed by atoms with Crippen LogP contribution in [-0.2, 0) is 17.6 Å². The van der Waals surface area contributed by atoms with Crippen LogP contribution in [0.5, 0.6) is 0 Å². The van der Waals surface area contributed by atoms with Gasteiger partial charge < -0.3 is 4.74 Å². The van der Waals surface area contributed by atoms with Gasteiger partial charge in [0.2, 0.25) is 0 Å². The summed E-state index contributed by atoms with van der Waals surface area (Å²) in [5.41, 5.74) is 2.17. The second kappa shape index (κ2) is 7.09. The number of esters is 1. The van der Waals surface area contributed by atoms with Crippen LogP contribution >= 0.6 is 0 Å². The quantitative estimate of drug-likeness (QED) is 0.743. The Morgan fingerprint density at radius 1 is 1.28 bits per heavy atom. The third-order valence-electron chi connectivity index (χ3n) is 2.49. The van der Waals surface area contributed by atoms with Gasteiger partial charge in [-0.25, -0.2) is 4.79 Å². The Kier molecular flexibility index (Phi) is 5.41. The van der Waals surface area contributed by atoms with Crippen molar-refractivity contribution in [2.45, 2.75) is 26.2 Å². The lowest BCUT2D eigenvalue weighted by Gasteiger charge is -2.08. The van der Waals surface area contributed by atoms with Gasteiger partial charge >= 0.3 is 5.97 Å². The Hall–Kier alpha value is -2.33. The number of rotatable bonds is 5. The molecule has 0 N–H and O–H groups in total. The third kappa shape index (κ3) is 3.61. The van der Waals surface area contributed by atoms with E-state index in [1.54, 1.807) is 25.1 Å². The summed E-state index contributed by atoms with van der Waals surface area (Å²) in [6, 6.07) is 9.27. The van der Waals surface area contributed by atoms with Gasteiger partial charge in [-0.3, -0.25) is 0 Å². The first-order valence-electron chi connectivity index (χ1n) is 5.75. The summed E-state index contributed by atoms with van der Waals surface area (Å²) in [5, 5.41) is 17.3. The molecule has 0 radical (unpaired) electrons. The Balaban J connectivity index is 3.00. The van der Waals surface area contributed by atoms with Crippen LogP contribution in [0.15, 0.2) is 18.2 Å². The molecule has 0 aliphatic carbocycles. The van der Waals surface area contributed by atoms with Gasteiger partial charge in [0.15, 0.2) is 0 Å². The number of nitriles is 2. The van der Waals surface area contributed by atoms with E-state index in [0.29, 0.717) is 25.0 Å². The second-order valence-corrected chi connectivity index (χ2v) is 3.70. The van der Waals surface area contributed by atoms with Crippen LogP contribution in [0.25, 0.3) is 0 Å². The maximum Gasteiger partial charge on any atom is 0.338 e. The molecule has 0 saturated carbocycles. The van der Waals surface area contributed by atoms with Gasteiger partial charge in [0.1, 0.15) is 0 Å². The molecule has 4 nitrogen and oxygen atoms in total. The van der Waals surface area contributed by atoms with Crippen molar-refractivity contribution in [3.05, 3.63) is 34.9 Å². The molecule has 0 unspecified atom stereocenters. The molecule has 1 aromatic rings. The molecule has 1 rings (SSSR count). The van der Waals surface area contributed by atoms with E-state index in [1.165, 1.54) is 0 Å². The topological polar surface area (TPSA) is 73.9 Å². The predicted octanol–water partition coefficient (Wildman–Crippen LogP) is 2.39. The summed E-state index contributed by atoms with van der Waals surface area (Å²) in [5.74, 6) is -0.386. The normalized spacial score (nSPS) is 9.28. The van der Waals surface area contributed by atoms with E-state index in [1.807, 2.05) is 0 Å². The average molecular weight is 242 g/mol. The van der Waals surface area contributed by atoms with Gasteiger partial charge in [-0.1, -0.05) is 6.07 Å². The lowest BCUT2D eigenvalue weighted by molar-refractivity contribution is 0.0526. The van der Waals surface area contributed by atoms with Crippen molar-refractivity contribution in [3.8, 4) is 12.1 Å². The zero-order valence-electron chi connectivity index (χ0n) is 10.3. The number of carbonyl (C=O) groups is 1. The maximum atomic E-state index is 11.6. The highest BCUT2D eigenvalue weighted by molar-refractivity contribution is 5.89. The number of hydrogen-bond acceptors (Lipinski definition) is 4.